The fraction of sp³-hybridized carbons (Fsp3) is 0.364. The average Bonchev–Trinajstić information content (AvgIpc) is 2.75. The quantitative estimate of drug-likeness (QED) is 0.165. The molecule has 0 saturated carbocycles. The molecule has 0 spiro atoms. The van der Waals surface area contributed by atoms with Gasteiger partial charge in [-0.2, -0.15) is 0 Å². The molecule has 9 N–H and O–H groups in total. The number of nitrogens with one attached hydrogen (secondary N) is 2. The van der Waals surface area contributed by atoms with Gasteiger partial charge in [-0.3, -0.25) is 19.4 Å². The first-order valence-electron chi connectivity index (χ1n) is 10.3. The lowest BCUT2D eigenvalue weighted by molar-refractivity contribution is -0.140. The standard InChI is InChI=1S/C22H30N6O4/c1-13(15-9-4-7-14-6-2-3-8-16(14)15)27-21(32)18(12-19(29)30)28-20(31)17(23)10-5-11-26-22(24)25/h2-4,6-9,13,17-18H,5,10-12,23H2,1H3,(H,27,32)(H,28,31)(H,29,30)(H4,24,25,26)/t13-,17-,18-/m0/s1. The molecule has 0 bridgehead atoms. The molecule has 0 heterocycles. The molecule has 10 nitrogen and oxygen atoms in total. The summed E-state index contributed by atoms with van der Waals surface area (Å²) in [5.41, 5.74) is 17.2. The van der Waals surface area contributed by atoms with E-state index in [-0.39, 0.29) is 12.4 Å². The molecule has 2 aromatic carbocycles. The van der Waals surface area contributed by atoms with E-state index in [1.165, 1.54) is 0 Å². The number of hydrogen-bond donors (Lipinski definition) is 6. The zero-order valence-electron chi connectivity index (χ0n) is 18.0. The number of carboxylic acids is 1. The highest BCUT2D eigenvalue weighted by Crippen LogP contribution is 2.24. The van der Waals surface area contributed by atoms with Crippen molar-refractivity contribution in [3.05, 3.63) is 48.0 Å². The van der Waals surface area contributed by atoms with E-state index in [0.29, 0.717) is 13.0 Å². The van der Waals surface area contributed by atoms with Crippen LogP contribution in [0.5, 0.6) is 0 Å². The number of nitrogens with two attached hydrogens (primary N) is 3. The molecule has 0 aromatic heterocycles. The lowest BCUT2D eigenvalue weighted by atomic mass is 9.99. The van der Waals surface area contributed by atoms with Gasteiger partial charge in [0.15, 0.2) is 5.96 Å². The van der Waals surface area contributed by atoms with Crippen LogP contribution in [0.2, 0.25) is 0 Å². The van der Waals surface area contributed by atoms with Crippen molar-refractivity contribution < 1.29 is 19.5 Å². The smallest absolute Gasteiger partial charge is 0.305 e. The van der Waals surface area contributed by atoms with Gasteiger partial charge in [-0.1, -0.05) is 42.5 Å². The molecule has 0 aliphatic rings. The SMILES string of the molecule is C[C@H](NC(=O)[C@H](CC(=O)O)NC(=O)[C@@H](N)CCCN=C(N)N)c1cccc2ccccc12. The number of benzene rings is 2. The van der Waals surface area contributed by atoms with E-state index < -0.39 is 42.3 Å². The second-order valence-corrected chi connectivity index (χ2v) is 7.51. The molecule has 0 saturated heterocycles. The van der Waals surface area contributed by atoms with Gasteiger partial charge in [-0.25, -0.2) is 0 Å². The minimum atomic E-state index is -1.26. The Bertz CT molecular complexity index is 984. The largest absolute Gasteiger partial charge is 0.481 e. The van der Waals surface area contributed by atoms with Crippen LogP contribution in [-0.2, 0) is 14.4 Å². The van der Waals surface area contributed by atoms with E-state index in [0.717, 1.165) is 16.3 Å². The van der Waals surface area contributed by atoms with E-state index in [4.69, 9.17) is 17.2 Å². The third-order valence-electron chi connectivity index (χ3n) is 4.96. The fourth-order valence-electron chi connectivity index (χ4n) is 3.33. The lowest BCUT2D eigenvalue weighted by Gasteiger charge is -2.22. The van der Waals surface area contributed by atoms with Crippen molar-refractivity contribution in [1.82, 2.24) is 10.6 Å². The maximum Gasteiger partial charge on any atom is 0.305 e. The normalized spacial score (nSPS) is 13.6. The van der Waals surface area contributed by atoms with E-state index in [1.54, 1.807) is 6.92 Å². The molecule has 2 rings (SSSR count). The number of carbonyl (C=O) groups is 3. The molecular formula is C22H30N6O4. The third-order valence-corrected chi connectivity index (χ3v) is 4.96. The highest BCUT2D eigenvalue weighted by molar-refractivity contribution is 5.93. The Morgan fingerprint density at radius 1 is 1.03 bits per heavy atom. The number of hydrogen-bond acceptors (Lipinski definition) is 5. The number of aliphatic carboxylic acids is 1. The number of aliphatic imine (C=N–C) groups is 1. The van der Waals surface area contributed by atoms with Gasteiger partial charge < -0.3 is 32.9 Å². The molecule has 0 radical (unpaired) electrons. The number of carboxylic acid groups (broad SMARTS) is 1. The molecule has 0 unspecified atom stereocenters. The van der Waals surface area contributed by atoms with Crippen molar-refractivity contribution in [2.45, 2.75) is 44.3 Å². The average molecular weight is 443 g/mol. The molecule has 32 heavy (non-hydrogen) atoms. The molecule has 172 valence electrons. The Kier molecular flexibility index (Phi) is 8.96. The monoisotopic (exact) mass is 442 g/mol. The lowest BCUT2D eigenvalue weighted by Crippen LogP contribution is -2.52. The minimum Gasteiger partial charge on any atom is -0.481 e. The van der Waals surface area contributed by atoms with Gasteiger partial charge in [0.1, 0.15) is 6.04 Å². The molecule has 3 atom stereocenters. The van der Waals surface area contributed by atoms with Crippen molar-refractivity contribution in [3.63, 3.8) is 0 Å². The zero-order chi connectivity index (χ0) is 23.7. The van der Waals surface area contributed by atoms with Gasteiger partial charge in [-0.05, 0) is 36.1 Å². The van der Waals surface area contributed by atoms with Gasteiger partial charge in [0.2, 0.25) is 11.8 Å². The summed E-state index contributed by atoms with van der Waals surface area (Å²) in [4.78, 5) is 40.3. The summed E-state index contributed by atoms with van der Waals surface area (Å²) in [7, 11) is 0. The summed E-state index contributed by atoms with van der Waals surface area (Å²) in [6.45, 7) is 2.11. The van der Waals surface area contributed by atoms with Gasteiger partial charge in [0.25, 0.3) is 0 Å². The second-order valence-electron chi connectivity index (χ2n) is 7.51. The Labute approximate surface area is 186 Å². The van der Waals surface area contributed by atoms with Crippen molar-refractivity contribution >= 4 is 34.5 Å². The number of guanidine groups is 1. The predicted octanol–water partition coefficient (Wildman–Crippen LogP) is 0.357. The molecule has 2 aromatic rings. The molecule has 0 aliphatic heterocycles. The van der Waals surface area contributed by atoms with Crippen LogP contribution in [-0.4, -0.2) is 47.5 Å². The first kappa shape index (κ1) is 24.6. The van der Waals surface area contributed by atoms with Crippen molar-refractivity contribution in [1.29, 1.82) is 0 Å². The first-order chi connectivity index (χ1) is 15.2. The number of nitrogens with zero attached hydrogens (tertiary/aromatic N) is 1. The van der Waals surface area contributed by atoms with E-state index in [1.807, 2.05) is 42.5 Å². The van der Waals surface area contributed by atoms with Crippen LogP contribution >= 0.6 is 0 Å². The van der Waals surface area contributed by atoms with Crippen LogP contribution in [0.3, 0.4) is 0 Å². The van der Waals surface area contributed by atoms with Crippen molar-refractivity contribution in [3.8, 4) is 0 Å². The van der Waals surface area contributed by atoms with Gasteiger partial charge in [-0.15, -0.1) is 0 Å². The first-order valence-corrected chi connectivity index (χ1v) is 10.3. The summed E-state index contributed by atoms with van der Waals surface area (Å²) in [6, 6.07) is 10.9. The molecule has 0 fully saturated rings. The number of amides is 2. The topological polar surface area (TPSA) is 186 Å². The third kappa shape index (κ3) is 7.24. The maximum absolute atomic E-state index is 12.8. The summed E-state index contributed by atoms with van der Waals surface area (Å²) in [5.74, 6) is -2.49. The summed E-state index contributed by atoms with van der Waals surface area (Å²) >= 11 is 0. The number of fused-ring (bicyclic) bond motifs is 1. The fourth-order valence-corrected chi connectivity index (χ4v) is 3.33. The molecule has 2 amide bonds. The summed E-state index contributed by atoms with van der Waals surface area (Å²) < 4.78 is 0. The van der Waals surface area contributed by atoms with Crippen molar-refractivity contribution in [2.24, 2.45) is 22.2 Å². The highest BCUT2D eigenvalue weighted by Gasteiger charge is 2.27. The maximum atomic E-state index is 12.8. The predicted molar refractivity (Wildman–Crippen MR) is 123 cm³/mol. The Morgan fingerprint density at radius 2 is 1.72 bits per heavy atom. The molecule has 0 aliphatic carbocycles. The molecular weight excluding hydrogens is 412 g/mol. The Hall–Kier alpha value is -3.66. The summed E-state index contributed by atoms with van der Waals surface area (Å²) in [6.07, 6.45) is 0.164. The zero-order valence-corrected chi connectivity index (χ0v) is 18.0. The Morgan fingerprint density at radius 3 is 2.41 bits per heavy atom. The molecule has 10 heteroatoms. The van der Waals surface area contributed by atoms with Crippen LogP contribution in [0.15, 0.2) is 47.5 Å². The highest BCUT2D eigenvalue weighted by atomic mass is 16.4. The van der Waals surface area contributed by atoms with Crippen LogP contribution in [0.1, 0.15) is 37.8 Å². The number of carbonyl (C=O) groups excluding carboxylic acids is 2. The van der Waals surface area contributed by atoms with Gasteiger partial charge in [0.05, 0.1) is 18.5 Å². The minimum absolute atomic E-state index is 0.0541. The van der Waals surface area contributed by atoms with Gasteiger partial charge in [0, 0.05) is 6.54 Å². The van der Waals surface area contributed by atoms with Crippen LogP contribution < -0.4 is 27.8 Å². The van der Waals surface area contributed by atoms with Crippen LogP contribution in [0.4, 0.5) is 0 Å². The van der Waals surface area contributed by atoms with Crippen molar-refractivity contribution in [2.75, 3.05) is 6.54 Å². The van der Waals surface area contributed by atoms with E-state index in [9.17, 15) is 19.5 Å². The second kappa shape index (κ2) is 11.7. The van der Waals surface area contributed by atoms with Gasteiger partial charge >= 0.3 is 5.97 Å². The number of rotatable bonds is 11. The Balaban J connectivity index is 2.04. The van der Waals surface area contributed by atoms with Crippen LogP contribution in [0, 0.1) is 0 Å². The van der Waals surface area contributed by atoms with E-state index >= 15 is 0 Å². The summed E-state index contributed by atoms with van der Waals surface area (Å²) in [5, 5.41) is 16.4. The van der Waals surface area contributed by atoms with E-state index in [2.05, 4.69) is 15.6 Å². The van der Waals surface area contributed by atoms with Crippen LogP contribution in [0.25, 0.3) is 10.8 Å².